The minimum Gasteiger partial charge on any atom is -0.497 e. The van der Waals surface area contributed by atoms with Crippen molar-refractivity contribution in [2.24, 2.45) is 0 Å². The maximum Gasteiger partial charge on any atom is 0.254 e. The second-order valence-electron chi connectivity index (χ2n) is 7.52. The molecule has 4 rings (SSSR count). The van der Waals surface area contributed by atoms with Gasteiger partial charge < -0.3 is 19.1 Å². The van der Waals surface area contributed by atoms with E-state index in [1.165, 1.54) is 0 Å². The molecule has 1 aliphatic rings. The summed E-state index contributed by atoms with van der Waals surface area (Å²) in [5.74, 6) is 2.13. The number of carbonyl (C=O) groups excluding carboxylic acids is 1. The average Bonchev–Trinajstić information content (AvgIpc) is 3.56. The molecule has 1 amide bonds. The topological polar surface area (TPSA) is 60.9 Å². The van der Waals surface area contributed by atoms with E-state index in [4.69, 9.17) is 14.2 Å². The Morgan fingerprint density at radius 3 is 2.65 bits per heavy atom. The maximum atomic E-state index is 13.4. The SMILES string of the molecule is COc1ccc(OC)c(CN(C(=O)c2cccc(OCc3csc(C)n3)c2)C2CC2)c1. The van der Waals surface area contributed by atoms with Crippen LogP contribution in [0.2, 0.25) is 0 Å². The van der Waals surface area contributed by atoms with Crippen LogP contribution in [0.3, 0.4) is 0 Å². The number of rotatable bonds is 9. The number of thiazole rings is 1. The molecule has 1 saturated carbocycles. The maximum absolute atomic E-state index is 13.4. The lowest BCUT2D eigenvalue weighted by Crippen LogP contribution is -2.32. The predicted octanol–water partition coefficient (Wildman–Crippen LogP) is 4.85. The van der Waals surface area contributed by atoms with Gasteiger partial charge >= 0.3 is 0 Å². The van der Waals surface area contributed by atoms with E-state index >= 15 is 0 Å². The van der Waals surface area contributed by atoms with E-state index in [2.05, 4.69) is 4.98 Å². The lowest BCUT2D eigenvalue weighted by atomic mass is 10.1. The molecule has 0 saturated heterocycles. The van der Waals surface area contributed by atoms with Gasteiger partial charge in [0.15, 0.2) is 0 Å². The number of hydrogen-bond donors (Lipinski definition) is 0. The molecule has 2 aromatic carbocycles. The number of amides is 1. The van der Waals surface area contributed by atoms with Crippen molar-refractivity contribution >= 4 is 17.2 Å². The van der Waals surface area contributed by atoms with Gasteiger partial charge in [-0.05, 0) is 56.2 Å². The molecule has 3 aromatic rings. The lowest BCUT2D eigenvalue weighted by molar-refractivity contribution is 0.0728. The number of aryl methyl sites for hydroxylation is 1. The summed E-state index contributed by atoms with van der Waals surface area (Å²) in [6.45, 7) is 2.82. The summed E-state index contributed by atoms with van der Waals surface area (Å²) < 4.78 is 16.7. The van der Waals surface area contributed by atoms with Crippen LogP contribution in [-0.2, 0) is 13.2 Å². The van der Waals surface area contributed by atoms with Crippen LogP contribution < -0.4 is 14.2 Å². The van der Waals surface area contributed by atoms with Gasteiger partial charge in [-0.3, -0.25) is 4.79 Å². The largest absolute Gasteiger partial charge is 0.497 e. The fourth-order valence-electron chi connectivity index (χ4n) is 3.46. The van der Waals surface area contributed by atoms with Gasteiger partial charge in [0.25, 0.3) is 5.91 Å². The Bertz CT molecular complexity index is 1060. The standard InChI is InChI=1S/C24H26N2O4S/c1-16-25-19(15-31-16)14-30-22-6-4-5-17(11-22)24(27)26(20-7-8-20)13-18-12-21(28-2)9-10-23(18)29-3/h4-6,9-12,15,20H,7-8,13-14H2,1-3H3. The van der Waals surface area contributed by atoms with E-state index < -0.39 is 0 Å². The highest BCUT2D eigenvalue weighted by Gasteiger charge is 2.33. The summed E-state index contributed by atoms with van der Waals surface area (Å²) >= 11 is 1.60. The highest BCUT2D eigenvalue weighted by atomic mass is 32.1. The first kappa shape index (κ1) is 21.2. The summed E-state index contributed by atoms with van der Waals surface area (Å²) in [6.07, 6.45) is 2.02. The third kappa shape index (κ3) is 5.17. The van der Waals surface area contributed by atoms with Crippen molar-refractivity contribution in [2.75, 3.05) is 14.2 Å². The van der Waals surface area contributed by atoms with Crippen LogP contribution in [0.25, 0.3) is 0 Å². The van der Waals surface area contributed by atoms with E-state index in [0.717, 1.165) is 40.6 Å². The van der Waals surface area contributed by atoms with Crippen LogP contribution in [0.4, 0.5) is 0 Å². The number of methoxy groups -OCH3 is 2. The zero-order chi connectivity index (χ0) is 21.8. The Balaban J connectivity index is 1.51. The van der Waals surface area contributed by atoms with Crippen molar-refractivity contribution in [3.63, 3.8) is 0 Å². The minimum atomic E-state index is -0.0117. The third-order valence-corrected chi connectivity index (χ3v) is 6.03. The second kappa shape index (κ2) is 9.39. The first-order chi connectivity index (χ1) is 15.1. The van der Waals surface area contributed by atoms with Crippen LogP contribution in [0.15, 0.2) is 47.8 Å². The second-order valence-corrected chi connectivity index (χ2v) is 8.58. The van der Waals surface area contributed by atoms with E-state index in [9.17, 15) is 4.79 Å². The van der Waals surface area contributed by atoms with Crippen molar-refractivity contribution in [1.82, 2.24) is 9.88 Å². The van der Waals surface area contributed by atoms with Crippen LogP contribution >= 0.6 is 11.3 Å². The van der Waals surface area contributed by atoms with Crippen molar-refractivity contribution in [2.45, 2.75) is 39.0 Å². The molecule has 1 aromatic heterocycles. The first-order valence-electron chi connectivity index (χ1n) is 10.2. The third-order valence-electron chi connectivity index (χ3n) is 5.21. The molecule has 0 spiro atoms. The Morgan fingerprint density at radius 2 is 1.97 bits per heavy atom. The zero-order valence-electron chi connectivity index (χ0n) is 18.0. The van der Waals surface area contributed by atoms with Crippen molar-refractivity contribution < 1.29 is 19.0 Å². The summed E-state index contributed by atoms with van der Waals surface area (Å²) in [7, 11) is 3.27. The van der Waals surface area contributed by atoms with Crippen LogP contribution in [0.5, 0.6) is 17.2 Å². The molecule has 162 valence electrons. The molecule has 0 N–H and O–H groups in total. The number of aromatic nitrogens is 1. The fraction of sp³-hybridized carbons (Fsp3) is 0.333. The molecule has 0 atom stereocenters. The van der Waals surface area contributed by atoms with Crippen LogP contribution in [0, 0.1) is 6.92 Å². The van der Waals surface area contributed by atoms with E-state index in [1.807, 2.05) is 53.6 Å². The molecule has 0 unspecified atom stereocenters. The fourth-order valence-corrected chi connectivity index (χ4v) is 4.06. The van der Waals surface area contributed by atoms with E-state index in [1.54, 1.807) is 31.6 Å². The van der Waals surface area contributed by atoms with Gasteiger partial charge in [-0.2, -0.15) is 0 Å². The van der Waals surface area contributed by atoms with Gasteiger partial charge in [0.1, 0.15) is 23.9 Å². The lowest BCUT2D eigenvalue weighted by Gasteiger charge is -2.24. The van der Waals surface area contributed by atoms with E-state index in [-0.39, 0.29) is 11.9 Å². The van der Waals surface area contributed by atoms with Crippen LogP contribution in [0.1, 0.15) is 39.5 Å². The molecule has 31 heavy (non-hydrogen) atoms. The molecule has 6 nitrogen and oxygen atoms in total. The molecule has 0 radical (unpaired) electrons. The Hall–Kier alpha value is -3.06. The molecule has 1 aliphatic carbocycles. The van der Waals surface area contributed by atoms with Crippen molar-refractivity contribution in [3.8, 4) is 17.2 Å². The van der Waals surface area contributed by atoms with Crippen LogP contribution in [-0.4, -0.2) is 36.1 Å². The zero-order valence-corrected chi connectivity index (χ0v) is 18.8. The highest BCUT2D eigenvalue weighted by Crippen LogP contribution is 2.33. The van der Waals surface area contributed by atoms with Gasteiger partial charge in [0.05, 0.1) is 31.5 Å². The quantitative estimate of drug-likeness (QED) is 0.478. The van der Waals surface area contributed by atoms with Gasteiger partial charge in [-0.1, -0.05) is 6.07 Å². The van der Waals surface area contributed by atoms with Crippen molar-refractivity contribution in [1.29, 1.82) is 0 Å². The monoisotopic (exact) mass is 438 g/mol. The first-order valence-corrected chi connectivity index (χ1v) is 11.1. The van der Waals surface area contributed by atoms with Crippen molar-refractivity contribution in [3.05, 3.63) is 69.7 Å². The average molecular weight is 439 g/mol. The molecule has 1 heterocycles. The molecule has 1 fully saturated rings. The number of benzene rings is 2. The number of ether oxygens (including phenoxy) is 3. The Labute approximate surface area is 186 Å². The summed E-state index contributed by atoms with van der Waals surface area (Å²) in [4.78, 5) is 19.7. The van der Waals surface area contributed by atoms with Gasteiger partial charge in [-0.25, -0.2) is 4.98 Å². The molecule has 7 heteroatoms. The molecule has 0 bridgehead atoms. The highest BCUT2D eigenvalue weighted by molar-refractivity contribution is 7.09. The smallest absolute Gasteiger partial charge is 0.254 e. The normalized spacial score (nSPS) is 13.0. The summed E-state index contributed by atoms with van der Waals surface area (Å²) in [5.41, 5.74) is 2.43. The minimum absolute atomic E-state index is 0.0117. The molecule has 0 aliphatic heterocycles. The molecular formula is C24H26N2O4S. The predicted molar refractivity (Wildman–Crippen MR) is 120 cm³/mol. The molecular weight excluding hydrogens is 412 g/mol. The summed E-state index contributed by atoms with van der Waals surface area (Å²) in [6, 6.07) is 13.3. The number of hydrogen-bond acceptors (Lipinski definition) is 6. The summed E-state index contributed by atoms with van der Waals surface area (Å²) in [5, 5.41) is 3.00. The Kier molecular flexibility index (Phi) is 6.42. The van der Waals surface area contributed by atoms with Gasteiger partial charge in [-0.15, -0.1) is 11.3 Å². The van der Waals surface area contributed by atoms with E-state index in [0.29, 0.717) is 24.5 Å². The Morgan fingerprint density at radius 1 is 1.13 bits per heavy atom. The van der Waals surface area contributed by atoms with Gasteiger partial charge in [0.2, 0.25) is 0 Å². The number of carbonyl (C=O) groups is 1. The number of nitrogens with zero attached hydrogens (tertiary/aromatic N) is 2. The van der Waals surface area contributed by atoms with Gasteiger partial charge in [0, 0.05) is 22.5 Å².